The summed E-state index contributed by atoms with van der Waals surface area (Å²) in [5, 5.41) is 3.05. The lowest BCUT2D eigenvalue weighted by atomic mass is 10.1. The molecule has 4 heterocycles. The Morgan fingerprint density at radius 3 is 2.53 bits per heavy atom. The topological polar surface area (TPSA) is 57.7 Å². The van der Waals surface area contributed by atoms with Crippen LogP contribution in [0.15, 0.2) is 42.6 Å². The lowest BCUT2D eigenvalue weighted by molar-refractivity contribution is -0.141. The molecule has 3 aliphatic heterocycles. The maximum Gasteiger partial charge on any atom is 0.433 e. The number of ether oxygens (including phenoxy) is 1. The Balaban J connectivity index is 1.12. The normalized spacial score (nSPS) is 24.9. The number of halogens is 3. The molecule has 1 amide bonds. The minimum absolute atomic E-state index is 0.0378. The number of hydrogen-bond donors (Lipinski definition) is 1. The minimum atomic E-state index is -4.44. The third-order valence-electron chi connectivity index (χ3n) is 6.49. The van der Waals surface area contributed by atoms with Gasteiger partial charge in [-0.1, -0.05) is 12.1 Å². The molecule has 5 rings (SSSR count). The molecular formula is C23H25F3N4O2. The summed E-state index contributed by atoms with van der Waals surface area (Å²) in [5.74, 6) is -0.0521. The number of pyridine rings is 1. The highest BCUT2D eigenvalue weighted by atomic mass is 19.4. The number of nitrogens with one attached hydrogen (secondary N) is 1. The van der Waals surface area contributed by atoms with Crippen LogP contribution < -0.4 is 15.1 Å². The first-order valence-electron chi connectivity index (χ1n) is 10.9. The quantitative estimate of drug-likeness (QED) is 0.765. The number of anilines is 2. The molecule has 3 atom stereocenters. The SMILES string of the molecule is O=C(Cc1ccc(N2CC3CC2CO3)cc1)NC1CCN(c2ccc(C(F)(F)F)nc2)C1. The van der Waals surface area contributed by atoms with Crippen molar-refractivity contribution in [3.63, 3.8) is 0 Å². The van der Waals surface area contributed by atoms with Crippen LogP contribution >= 0.6 is 0 Å². The summed E-state index contributed by atoms with van der Waals surface area (Å²) in [4.78, 5) is 20.4. The molecule has 0 aliphatic carbocycles. The summed E-state index contributed by atoms with van der Waals surface area (Å²) < 4.78 is 43.7. The predicted molar refractivity (Wildman–Crippen MR) is 114 cm³/mol. The van der Waals surface area contributed by atoms with Crippen LogP contribution in [0.3, 0.4) is 0 Å². The van der Waals surface area contributed by atoms with E-state index in [1.54, 1.807) is 0 Å². The predicted octanol–water partition coefficient (Wildman–Crippen LogP) is 3.02. The summed E-state index contributed by atoms with van der Waals surface area (Å²) in [6, 6.07) is 11.0. The van der Waals surface area contributed by atoms with Crippen molar-refractivity contribution in [2.75, 3.05) is 36.0 Å². The second kappa shape index (κ2) is 8.27. The number of amides is 1. The van der Waals surface area contributed by atoms with E-state index in [-0.39, 0.29) is 11.9 Å². The Bertz CT molecular complexity index is 965. The Hall–Kier alpha value is -2.81. The van der Waals surface area contributed by atoms with E-state index in [1.165, 1.54) is 18.0 Å². The first-order valence-corrected chi connectivity index (χ1v) is 10.9. The fourth-order valence-electron chi connectivity index (χ4n) is 4.84. The van der Waals surface area contributed by atoms with Crippen LogP contribution in [0.25, 0.3) is 0 Å². The highest BCUT2D eigenvalue weighted by Crippen LogP contribution is 2.32. The fraction of sp³-hybridized carbons (Fsp3) is 0.478. The van der Waals surface area contributed by atoms with Gasteiger partial charge in [0.25, 0.3) is 0 Å². The van der Waals surface area contributed by atoms with Crippen molar-refractivity contribution in [3.05, 3.63) is 53.9 Å². The van der Waals surface area contributed by atoms with Gasteiger partial charge in [-0.2, -0.15) is 13.2 Å². The van der Waals surface area contributed by atoms with Gasteiger partial charge in [0, 0.05) is 31.4 Å². The van der Waals surface area contributed by atoms with Crippen molar-refractivity contribution in [2.24, 2.45) is 0 Å². The average Bonchev–Trinajstić information content (AvgIpc) is 3.51. The van der Waals surface area contributed by atoms with Crippen molar-refractivity contribution >= 4 is 17.3 Å². The zero-order valence-corrected chi connectivity index (χ0v) is 17.5. The average molecular weight is 446 g/mol. The Morgan fingerprint density at radius 1 is 1.12 bits per heavy atom. The number of morpholine rings is 1. The van der Waals surface area contributed by atoms with Gasteiger partial charge >= 0.3 is 6.18 Å². The van der Waals surface area contributed by atoms with Crippen molar-refractivity contribution in [1.82, 2.24) is 10.3 Å². The fourth-order valence-corrected chi connectivity index (χ4v) is 4.84. The van der Waals surface area contributed by atoms with Crippen molar-refractivity contribution < 1.29 is 22.7 Å². The molecule has 2 bridgehead atoms. The molecule has 0 spiro atoms. The van der Waals surface area contributed by atoms with Gasteiger partial charge in [0.1, 0.15) is 5.69 Å². The molecular weight excluding hydrogens is 421 g/mol. The van der Waals surface area contributed by atoms with Crippen LogP contribution in [0.4, 0.5) is 24.5 Å². The maximum absolute atomic E-state index is 12.7. The summed E-state index contributed by atoms with van der Waals surface area (Å²) in [6.45, 7) is 2.93. The van der Waals surface area contributed by atoms with Crippen LogP contribution in [0, 0.1) is 0 Å². The number of rotatable bonds is 5. The van der Waals surface area contributed by atoms with Gasteiger partial charge in [-0.05, 0) is 42.7 Å². The van der Waals surface area contributed by atoms with Gasteiger partial charge in [0.05, 0.1) is 37.1 Å². The summed E-state index contributed by atoms with van der Waals surface area (Å²) in [7, 11) is 0. The van der Waals surface area contributed by atoms with Gasteiger partial charge in [-0.15, -0.1) is 0 Å². The van der Waals surface area contributed by atoms with E-state index in [0.717, 1.165) is 37.6 Å². The molecule has 1 aromatic heterocycles. The zero-order valence-electron chi connectivity index (χ0n) is 17.5. The summed E-state index contributed by atoms with van der Waals surface area (Å²) in [6.07, 6.45) is -0.729. The molecule has 6 nitrogen and oxygen atoms in total. The summed E-state index contributed by atoms with van der Waals surface area (Å²) >= 11 is 0. The van der Waals surface area contributed by atoms with E-state index in [4.69, 9.17) is 4.74 Å². The van der Waals surface area contributed by atoms with Gasteiger partial charge in [0.15, 0.2) is 0 Å². The molecule has 1 N–H and O–H groups in total. The number of carbonyl (C=O) groups excluding carboxylic acids is 1. The maximum atomic E-state index is 12.7. The molecule has 170 valence electrons. The number of fused-ring (bicyclic) bond motifs is 2. The van der Waals surface area contributed by atoms with Crippen LogP contribution in [-0.4, -0.2) is 55.3 Å². The highest BCUT2D eigenvalue weighted by molar-refractivity contribution is 5.79. The lowest BCUT2D eigenvalue weighted by Gasteiger charge is -2.29. The van der Waals surface area contributed by atoms with Crippen molar-refractivity contribution in [3.8, 4) is 0 Å². The Kier molecular flexibility index (Phi) is 5.44. The molecule has 0 saturated carbocycles. The Morgan fingerprint density at radius 2 is 1.91 bits per heavy atom. The molecule has 1 aromatic carbocycles. The van der Waals surface area contributed by atoms with E-state index in [2.05, 4.69) is 27.3 Å². The number of nitrogens with zero attached hydrogens (tertiary/aromatic N) is 3. The standard InChI is InChI=1S/C23H25F3N4O2/c24-23(25,26)21-6-5-18(11-27-21)29-8-7-16(12-29)28-22(31)9-15-1-3-17(4-2-15)30-13-20-10-19(30)14-32-20/h1-6,11,16,19-20H,7-10,12-14H2,(H,28,31). The van der Waals surface area contributed by atoms with Gasteiger partial charge in [-0.3, -0.25) is 4.79 Å². The molecule has 3 fully saturated rings. The third-order valence-corrected chi connectivity index (χ3v) is 6.49. The van der Waals surface area contributed by atoms with Gasteiger partial charge in [0.2, 0.25) is 5.91 Å². The van der Waals surface area contributed by atoms with Gasteiger partial charge < -0.3 is 19.9 Å². The van der Waals surface area contributed by atoms with Crippen LogP contribution in [0.2, 0.25) is 0 Å². The van der Waals surface area contributed by atoms with Crippen LogP contribution in [-0.2, 0) is 22.1 Å². The number of benzene rings is 1. The highest BCUT2D eigenvalue weighted by Gasteiger charge is 2.39. The smallest absolute Gasteiger partial charge is 0.374 e. The molecule has 3 aliphatic rings. The molecule has 9 heteroatoms. The minimum Gasteiger partial charge on any atom is -0.374 e. The zero-order chi connectivity index (χ0) is 22.3. The Labute approximate surface area is 184 Å². The number of hydrogen-bond acceptors (Lipinski definition) is 5. The van der Waals surface area contributed by atoms with Crippen LogP contribution in [0.1, 0.15) is 24.1 Å². The number of aromatic nitrogens is 1. The van der Waals surface area contributed by atoms with Crippen molar-refractivity contribution in [1.29, 1.82) is 0 Å². The molecule has 0 radical (unpaired) electrons. The molecule has 3 unspecified atom stereocenters. The van der Waals surface area contributed by atoms with E-state index in [9.17, 15) is 18.0 Å². The van der Waals surface area contributed by atoms with E-state index in [0.29, 0.717) is 37.3 Å². The number of alkyl halides is 3. The molecule has 2 aromatic rings. The summed E-state index contributed by atoms with van der Waals surface area (Å²) in [5.41, 5.74) is 1.85. The largest absolute Gasteiger partial charge is 0.433 e. The monoisotopic (exact) mass is 446 g/mol. The van der Waals surface area contributed by atoms with E-state index >= 15 is 0 Å². The van der Waals surface area contributed by atoms with E-state index in [1.807, 2.05) is 17.0 Å². The molecule has 32 heavy (non-hydrogen) atoms. The second-order valence-electron chi connectivity index (χ2n) is 8.74. The van der Waals surface area contributed by atoms with E-state index < -0.39 is 11.9 Å². The first kappa shape index (κ1) is 21.1. The van der Waals surface area contributed by atoms with Crippen molar-refractivity contribution in [2.45, 2.75) is 43.6 Å². The van der Waals surface area contributed by atoms with Crippen LogP contribution in [0.5, 0.6) is 0 Å². The third kappa shape index (κ3) is 4.39. The van der Waals surface area contributed by atoms with Gasteiger partial charge in [-0.25, -0.2) is 4.98 Å². The lowest BCUT2D eigenvalue weighted by Crippen LogP contribution is -2.38. The first-order chi connectivity index (χ1) is 15.3. The number of carbonyl (C=O) groups is 1. The molecule has 3 saturated heterocycles. The second-order valence-corrected chi connectivity index (χ2v) is 8.74.